The Morgan fingerprint density at radius 1 is 0.765 bits per heavy atom. The Hall–Kier alpha value is -4.25. The Morgan fingerprint density at radius 2 is 1.47 bits per heavy atom. The van der Waals surface area contributed by atoms with Crippen LogP contribution in [0.1, 0.15) is 22.8 Å². The molecule has 0 spiro atoms. The Bertz CT molecular complexity index is 1240. The number of anilines is 1. The van der Waals surface area contributed by atoms with Crippen LogP contribution in [-0.4, -0.2) is 19.6 Å². The van der Waals surface area contributed by atoms with Gasteiger partial charge in [-0.15, -0.1) is 0 Å². The van der Waals surface area contributed by atoms with E-state index in [0.29, 0.717) is 29.4 Å². The first-order chi connectivity index (χ1) is 16.7. The molecule has 0 radical (unpaired) electrons. The van der Waals surface area contributed by atoms with E-state index in [-0.39, 0.29) is 12.5 Å². The molecule has 5 nitrogen and oxygen atoms in total. The Kier molecular flexibility index (Phi) is 7.45. The fourth-order valence-corrected chi connectivity index (χ4v) is 3.61. The van der Waals surface area contributed by atoms with Crippen molar-refractivity contribution in [3.63, 3.8) is 0 Å². The summed E-state index contributed by atoms with van der Waals surface area (Å²) in [6, 6.07) is 30.8. The lowest BCUT2D eigenvalue weighted by atomic mass is 10.1. The number of methoxy groups -OCH3 is 1. The van der Waals surface area contributed by atoms with Gasteiger partial charge >= 0.3 is 0 Å². The molecule has 0 aliphatic carbocycles. The molecule has 4 aromatic carbocycles. The minimum atomic E-state index is -0.233. The Balaban J connectivity index is 1.47. The Morgan fingerprint density at radius 3 is 2.21 bits per heavy atom. The monoisotopic (exact) mass is 453 g/mol. The molecule has 34 heavy (non-hydrogen) atoms. The molecule has 0 unspecified atom stereocenters. The largest absolute Gasteiger partial charge is 0.496 e. The average Bonchev–Trinajstić information content (AvgIpc) is 2.89. The maximum absolute atomic E-state index is 12.9. The van der Waals surface area contributed by atoms with E-state index in [1.807, 2.05) is 73.7 Å². The SMILES string of the molecule is CCOc1ccccc1NC(=O)c1ccc(OC)c(COc2ccc(-c3ccccc3)cc2)c1. The number of carbonyl (C=O) groups excluding carboxylic acids is 1. The van der Waals surface area contributed by atoms with Gasteiger partial charge < -0.3 is 19.5 Å². The fraction of sp³-hybridized carbons (Fsp3) is 0.138. The van der Waals surface area contributed by atoms with E-state index in [1.165, 1.54) is 0 Å². The Labute approximate surface area is 199 Å². The second-order valence-electron chi connectivity index (χ2n) is 7.59. The molecule has 0 aliphatic rings. The number of rotatable bonds is 9. The van der Waals surface area contributed by atoms with Crippen LogP contribution in [0, 0.1) is 0 Å². The van der Waals surface area contributed by atoms with Gasteiger partial charge in [-0.3, -0.25) is 4.79 Å². The molecule has 0 saturated heterocycles. The molecule has 172 valence electrons. The lowest BCUT2D eigenvalue weighted by Gasteiger charge is -2.14. The molecule has 4 rings (SSSR count). The summed E-state index contributed by atoms with van der Waals surface area (Å²) in [6.07, 6.45) is 0. The van der Waals surface area contributed by atoms with Gasteiger partial charge in [0.2, 0.25) is 0 Å². The summed E-state index contributed by atoms with van der Waals surface area (Å²) < 4.78 is 17.1. The number of para-hydroxylation sites is 2. The molecule has 0 aliphatic heterocycles. The highest BCUT2D eigenvalue weighted by Crippen LogP contribution is 2.27. The average molecular weight is 454 g/mol. The highest BCUT2D eigenvalue weighted by molar-refractivity contribution is 6.05. The molecule has 0 bridgehead atoms. The first-order valence-corrected chi connectivity index (χ1v) is 11.2. The van der Waals surface area contributed by atoms with Crippen LogP contribution in [0.3, 0.4) is 0 Å². The third-order valence-corrected chi connectivity index (χ3v) is 5.33. The predicted octanol–water partition coefficient (Wildman–Crippen LogP) is 6.59. The molecule has 4 aromatic rings. The van der Waals surface area contributed by atoms with Gasteiger partial charge in [0, 0.05) is 11.1 Å². The molecule has 1 N–H and O–H groups in total. The smallest absolute Gasteiger partial charge is 0.255 e. The van der Waals surface area contributed by atoms with E-state index in [0.717, 1.165) is 22.4 Å². The zero-order valence-corrected chi connectivity index (χ0v) is 19.3. The van der Waals surface area contributed by atoms with E-state index in [1.54, 1.807) is 25.3 Å². The maximum Gasteiger partial charge on any atom is 0.255 e. The molecular weight excluding hydrogens is 426 g/mol. The van der Waals surface area contributed by atoms with Crippen LogP contribution in [0.25, 0.3) is 11.1 Å². The van der Waals surface area contributed by atoms with Crippen molar-refractivity contribution >= 4 is 11.6 Å². The summed E-state index contributed by atoms with van der Waals surface area (Å²) in [5.41, 5.74) is 4.18. The molecule has 5 heteroatoms. The van der Waals surface area contributed by atoms with Crippen molar-refractivity contribution in [2.75, 3.05) is 19.0 Å². The molecular formula is C29H27NO4. The second kappa shape index (κ2) is 11.1. The number of hydrogen-bond donors (Lipinski definition) is 1. The van der Waals surface area contributed by atoms with Crippen LogP contribution in [0.5, 0.6) is 17.2 Å². The third-order valence-electron chi connectivity index (χ3n) is 5.33. The molecule has 0 aromatic heterocycles. The number of ether oxygens (including phenoxy) is 3. The van der Waals surface area contributed by atoms with E-state index in [4.69, 9.17) is 14.2 Å². The number of nitrogens with one attached hydrogen (secondary N) is 1. The highest BCUT2D eigenvalue weighted by atomic mass is 16.5. The fourth-order valence-electron chi connectivity index (χ4n) is 3.61. The second-order valence-corrected chi connectivity index (χ2v) is 7.59. The highest BCUT2D eigenvalue weighted by Gasteiger charge is 2.13. The van der Waals surface area contributed by atoms with Crippen LogP contribution < -0.4 is 19.5 Å². The minimum absolute atomic E-state index is 0.233. The molecule has 0 saturated carbocycles. The quantitative estimate of drug-likeness (QED) is 0.310. The maximum atomic E-state index is 12.9. The molecule has 0 fully saturated rings. The van der Waals surface area contributed by atoms with Crippen molar-refractivity contribution < 1.29 is 19.0 Å². The molecule has 0 heterocycles. The van der Waals surface area contributed by atoms with E-state index in [9.17, 15) is 4.79 Å². The first-order valence-electron chi connectivity index (χ1n) is 11.2. The van der Waals surface area contributed by atoms with Crippen molar-refractivity contribution in [1.82, 2.24) is 0 Å². The van der Waals surface area contributed by atoms with Crippen LogP contribution in [-0.2, 0) is 6.61 Å². The summed E-state index contributed by atoms with van der Waals surface area (Å²) in [7, 11) is 1.60. The molecule has 0 atom stereocenters. The summed E-state index contributed by atoms with van der Waals surface area (Å²) >= 11 is 0. The minimum Gasteiger partial charge on any atom is -0.496 e. The van der Waals surface area contributed by atoms with Gasteiger partial charge in [-0.25, -0.2) is 0 Å². The van der Waals surface area contributed by atoms with Crippen LogP contribution >= 0.6 is 0 Å². The van der Waals surface area contributed by atoms with Crippen molar-refractivity contribution in [2.45, 2.75) is 13.5 Å². The summed E-state index contributed by atoms with van der Waals surface area (Å²) in [4.78, 5) is 12.9. The normalized spacial score (nSPS) is 10.4. The van der Waals surface area contributed by atoms with Crippen LogP contribution in [0.2, 0.25) is 0 Å². The third kappa shape index (κ3) is 5.56. The number of amides is 1. The number of carbonyl (C=O) groups is 1. The summed E-state index contributed by atoms with van der Waals surface area (Å²) in [6.45, 7) is 2.69. The zero-order valence-electron chi connectivity index (χ0n) is 19.3. The van der Waals surface area contributed by atoms with Gasteiger partial charge in [0.25, 0.3) is 5.91 Å². The van der Waals surface area contributed by atoms with Crippen molar-refractivity contribution in [1.29, 1.82) is 0 Å². The van der Waals surface area contributed by atoms with Gasteiger partial charge in [0.05, 0.1) is 19.4 Å². The van der Waals surface area contributed by atoms with Crippen molar-refractivity contribution in [3.8, 4) is 28.4 Å². The van der Waals surface area contributed by atoms with Gasteiger partial charge in [-0.2, -0.15) is 0 Å². The van der Waals surface area contributed by atoms with Crippen molar-refractivity contribution in [3.05, 3.63) is 108 Å². The standard InChI is InChI=1S/C29H27NO4/c1-3-33-28-12-8-7-11-26(28)30-29(31)23-15-18-27(32-2)24(19-23)20-34-25-16-13-22(14-17-25)21-9-5-4-6-10-21/h4-19H,3,20H2,1-2H3,(H,30,31). The number of benzene rings is 4. The summed E-state index contributed by atoms with van der Waals surface area (Å²) in [5, 5.41) is 2.93. The van der Waals surface area contributed by atoms with Crippen LogP contribution in [0.4, 0.5) is 5.69 Å². The van der Waals surface area contributed by atoms with E-state index >= 15 is 0 Å². The molecule has 1 amide bonds. The van der Waals surface area contributed by atoms with Gasteiger partial charge in [-0.05, 0) is 60.5 Å². The lowest BCUT2D eigenvalue weighted by Crippen LogP contribution is -2.14. The van der Waals surface area contributed by atoms with Gasteiger partial charge in [0.1, 0.15) is 23.9 Å². The topological polar surface area (TPSA) is 56.8 Å². The van der Waals surface area contributed by atoms with Gasteiger partial charge in [-0.1, -0.05) is 54.6 Å². The zero-order chi connectivity index (χ0) is 23.8. The predicted molar refractivity (Wildman–Crippen MR) is 135 cm³/mol. The first kappa shape index (κ1) is 22.9. The van der Waals surface area contributed by atoms with Gasteiger partial charge in [0.15, 0.2) is 0 Å². The summed E-state index contributed by atoms with van der Waals surface area (Å²) in [5.74, 6) is 1.80. The van der Waals surface area contributed by atoms with E-state index < -0.39 is 0 Å². The van der Waals surface area contributed by atoms with Crippen LogP contribution in [0.15, 0.2) is 97.1 Å². The lowest BCUT2D eigenvalue weighted by molar-refractivity contribution is 0.102. The van der Waals surface area contributed by atoms with Crippen molar-refractivity contribution in [2.24, 2.45) is 0 Å². The number of hydrogen-bond acceptors (Lipinski definition) is 4. The van der Waals surface area contributed by atoms with E-state index in [2.05, 4.69) is 17.4 Å².